The molecule has 104 valence electrons. The van der Waals surface area contributed by atoms with Gasteiger partial charge >= 0.3 is 0 Å². The van der Waals surface area contributed by atoms with Crippen molar-refractivity contribution in [2.45, 2.75) is 32.7 Å². The van der Waals surface area contributed by atoms with Crippen molar-refractivity contribution in [3.8, 4) is 0 Å². The number of rotatable bonds is 6. The molecular formula is C14H23N5. The van der Waals surface area contributed by atoms with Gasteiger partial charge in [0.1, 0.15) is 5.82 Å². The van der Waals surface area contributed by atoms with Crippen LogP contribution in [0.5, 0.6) is 0 Å². The van der Waals surface area contributed by atoms with Crippen LogP contribution < -0.4 is 5.32 Å². The lowest BCUT2D eigenvalue weighted by atomic mass is 10.0. The highest BCUT2D eigenvalue weighted by Gasteiger charge is 2.18. The van der Waals surface area contributed by atoms with Crippen molar-refractivity contribution >= 4 is 0 Å². The zero-order valence-corrected chi connectivity index (χ0v) is 12.2. The van der Waals surface area contributed by atoms with Crippen LogP contribution in [0.1, 0.15) is 36.5 Å². The molecule has 2 heterocycles. The average molecular weight is 261 g/mol. The summed E-state index contributed by atoms with van der Waals surface area (Å²) in [4.78, 5) is 4.42. The standard InChI is InChI=1S/C14H23N5/c1-5-6-15-13(9-14-16-7-8-18(14)3)12-10-19(4)17-11(12)2/h7-8,10,13,15H,5-6,9H2,1-4H3. The molecule has 1 unspecified atom stereocenters. The Morgan fingerprint density at radius 3 is 2.68 bits per heavy atom. The maximum absolute atomic E-state index is 4.44. The first-order chi connectivity index (χ1) is 9.11. The molecule has 0 radical (unpaired) electrons. The molecule has 2 aromatic rings. The molecule has 2 aromatic heterocycles. The average Bonchev–Trinajstić information content (AvgIpc) is 2.91. The van der Waals surface area contributed by atoms with E-state index in [9.17, 15) is 0 Å². The van der Waals surface area contributed by atoms with Crippen molar-refractivity contribution in [3.05, 3.63) is 35.7 Å². The molecule has 1 atom stereocenters. The van der Waals surface area contributed by atoms with Gasteiger partial charge < -0.3 is 9.88 Å². The summed E-state index contributed by atoms with van der Waals surface area (Å²) in [6.07, 6.45) is 7.95. The van der Waals surface area contributed by atoms with Crippen LogP contribution in [-0.4, -0.2) is 25.9 Å². The minimum absolute atomic E-state index is 0.273. The van der Waals surface area contributed by atoms with Gasteiger partial charge in [0.15, 0.2) is 0 Å². The van der Waals surface area contributed by atoms with Crippen molar-refractivity contribution in [3.63, 3.8) is 0 Å². The van der Waals surface area contributed by atoms with Crippen LogP contribution in [0.25, 0.3) is 0 Å². The fourth-order valence-electron chi connectivity index (χ4n) is 2.35. The topological polar surface area (TPSA) is 47.7 Å². The lowest BCUT2D eigenvalue weighted by Crippen LogP contribution is -2.25. The quantitative estimate of drug-likeness (QED) is 0.861. The first-order valence-electron chi connectivity index (χ1n) is 6.81. The Morgan fingerprint density at radius 2 is 2.16 bits per heavy atom. The zero-order chi connectivity index (χ0) is 13.8. The Morgan fingerprint density at radius 1 is 1.37 bits per heavy atom. The third-order valence-corrected chi connectivity index (χ3v) is 3.38. The number of nitrogens with zero attached hydrogens (tertiary/aromatic N) is 4. The van der Waals surface area contributed by atoms with E-state index in [1.165, 1.54) is 5.56 Å². The summed E-state index contributed by atoms with van der Waals surface area (Å²) < 4.78 is 3.95. The molecular weight excluding hydrogens is 238 g/mol. The van der Waals surface area contributed by atoms with Crippen molar-refractivity contribution in [1.29, 1.82) is 0 Å². The second kappa shape index (κ2) is 6.02. The van der Waals surface area contributed by atoms with Gasteiger partial charge in [0, 0.05) is 50.7 Å². The minimum Gasteiger partial charge on any atom is -0.338 e. The van der Waals surface area contributed by atoms with Crippen LogP contribution in [0.4, 0.5) is 0 Å². The Bertz CT molecular complexity index is 526. The van der Waals surface area contributed by atoms with Gasteiger partial charge in [0.05, 0.1) is 5.69 Å². The van der Waals surface area contributed by atoms with Crippen LogP contribution in [-0.2, 0) is 20.5 Å². The molecule has 1 N–H and O–H groups in total. The summed E-state index contributed by atoms with van der Waals surface area (Å²) in [6.45, 7) is 5.25. The van der Waals surface area contributed by atoms with E-state index in [-0.39, 0.29) is 6.04 Å². The molecule has 0 saturated heterocycles. The van der Waals surface area contributed by atoms with Crippen LogP contribution >= 0.6 is 0 Å². The highest BCUT2D eigenvalue weighted by atomic mass is 15.3. The largest absolute Gasteiger partial charge is 0.338 e. The summed E-state index contributed by atoms with van der Waals surface area (Å²) in [6, 6.07) is 0.273. The Labute approximate surface area is 114 Å². The SMILES string of the molecule is CCCNC(Cc1nccn1C)c1cn(C)nc1C. The predicted octanol–water partition coefficient (Wildman–Crippen LogP) is 1.75. The van der Waals surface area contributed by atoms with Crippen molar-refractivity contribution in [2.24, 2.45) is 14.1 Å². The van der Waals surface area contributed by atoms with Crippen LogP contribution in [0, 0.1) is 6.92 Å². The molecule has 0 aliphatic heterocycles. The molecule has 5 heteroatoms. The first kappa shape index (κ1) is 13.8. The number of hydrogen-bond acceptors (Lipinski definition) is 3. The molecule has 0 aliphatic rings. The Hall–Kier alpha value is -1.62. The highest BCUT2D eigenvalue weighted by molar-refractivity contribution is 5.21. The van der Waals surface area contributed by atoms with E-state index in [0.29, 0.717) is 0 Å². The van der Waals surface area contributed by atoms with Crippen molar-refractivity contribution in [1.82, 2.24) is 24.6 Å². The second-order valence-corrected chi connectivity index (χ2v) is 5.01. The van der Waals surface area contributed by atoms with E-state index < -0.39 is 0 Å². The lowest BCUT2D eigenvalue weighted by Gasteiger charge is -2.18. The molecule has 0 aliphatic carbocycles. The third-order valence-electron chi connectivity index (χ3n) is 3.38. The van der Waals surface area contributed by atoms with E-state index in [2.05, 4.69) is 40.0 Å². The van der Waals surface area contributed by atoms with E-state index in [1.54, 1.807) is 0 Å². The monoisotopic (exact) mass is 261 g/mol. The lowest BCUT2D eigenvalue weighted by molar-refractivity contribution is 0.510. The van der Waals surface area contributed by atoms with Gasteiger partial charge in [0.25, 0.3) is 0 Å². The van der Waals surface area contributed by atoms with E-state index in [1.807, 2.05) is 31.2 Å². The van der Waals surface area contributed by atoms with Gasteiger partial charge in [-0.3, -0.25) is 4.68 Å². The van der Waals surface area contributed by atoms with Gasteiger partial charge in [-0.2, -0.15) is 5.10 Å². The van der Waals surface area contributed by atoms with E-state index in [4.69, 9.17) is 0 Å². The molecule has 0 bridgehead atoms. The van der Waals surface area contributed by atoms with E-state index in [0.717, 1.165) is 30.9 Å². The smallest absolute Gasteiger partial charge is 0.110 e. The summed E-state index contributed by atoms with van der Waals surface area (Å²) in [5.74, 6) is 1.09. The maximum atomic E-state index is 4.44. The first-order valence-corrected chi connectivity index (χ1v) is 6.81. The van der Waals surface area contributed by atoms with Gasteiger partial charge in [-0.25, -0.2) is 4.98 Å². The van der Waals surface area contributed by atoms with Gasteiger partial charge in [-0.05, 0) is 19.9 Å². The predicted molar refractivity (Wildman–Crippen MR) is 75.9 cm³/mol. The van der Waals surface area contributed by atoms with Gasteiger partial charge in [-0.15, -0.1) is 0 Å². The van der Waals surface area contributed by atoms with Crippen LogP contribution in [0.3, 0.4) is 0 Å². The number of nitrogens with one attached hydrogen (secondary N) is 1. The van der Waals surface area contributed by atoms with Gasteiger partial charge in [0.2, 0.25) is 0 Å². The Balaban J connectivity index is 2.20. The summed E-state index contributed by atoms with van der Waals surface area (Å²) in [7, 11) is 4.00. The summed E-state index contributed by atoms with van der Waals surface area (Å²) >= 11 is 0. The summed E-state index contributed by atoms with van der Waals surface area (Å²) in [5.41, 5.74) is 2.35. The molecule has 2 rings (SSSR count). The number of aromatic nitrogens is 4. The van der Waals surface area contributed by atoms with Crippen molar-refractivity contribution in [2.75, 3.05) is 6.54 Å². The van der Waals surface area contributed by atoms with Gasteiger partial charge in [-0.1, -0.05) is 6.92 Å². The third kappa shape index (κ3) is 3.23. The van der Waals surface area contributed by atoms with Crippen LogP contribution in [0.15, 0.2) is 18.6 Å². The second-order valence-electron chi connectivity index (χ2n) is 5.01. The number of hydrogen-bond donors (Lipinski definition) is 1. The maximum Gasteiger partial charge on any atom is 0.110 e. The van der Waals surface area contributed by atoms with Crippen molar-refractivity contribution < 1.29 is 0 Å². The number of imidazole rings is 1. The van der Waals surface area contributed by atoms with E-state index >= 15 is 0 Å². The number of aryl methyl sites for hydroxylation is 3. The normalized spacial score (nSPS) is 12.8. The molecule has 0 aromatic carbocycles. The molecule has 5 nitrogen and oxygen atoms in total. The molecule has 0 amide bonds. The molecule has 19 heavy (non-hydrogen) atoms. The zero-order valence-electron chi connectivity index (χ0n) is 12.2. The summed E-state index contributed by atoms with van der Waals surface area (Å²) in [5, 5.41) is 8.04. The minimum atomic E-state index is 0.273. The molecule has 0 saturated carbocycles. The van der Waals surface area contributed by atoms with Crippen LogP contribution in [0.2, 0.25) is 0 Å². The fourth-order valence-corrected chi connectivity index (χ4v) is 2.35. The molecule has 0 spiro atoms. The highest BCUT2D eigenvalue weighted by Crippen LogP contribution is 2.20. The Kier molecular flexibility index (Phi) is 4.37. The molecule has 0 fully saturated rings. The fraction of sp³-hybridized carbons (Fsp3) is 0.571.